The summed E-state index contributed by atoms with van der Waals surface area (Å²) in [4.78, 5) is 13.4. The van der Waals surface area contributed by atoms with Gasteiger partial charge in [0.2, 0.25) is 0 Å². The molecule has 0 fully saturated rings. The van der Waals surface area contributed by atoms with E-state index in [1.165, 1.54) is 0 Å². The van der Waals surface area contributed by atoms with Crippen LogP contribution in [0.3, 0.4) is 0 Å². The van der Waals surface area contributed by atoms with E-state index in [0.29, 0.717) is 0 Å². The maximum atomic E-state index is 11.8. The minimum absolute atomic E-state index is 0.00680. The molecule has 0 spiro atoms. The Bertz CT molecular complexity index is 445. The molecule has 0 aromatic heterocycles. The van der Waals surface area contributed by atoms with E-state index in [2.05, 4.69) is 22.9 Å². The highest BCUT2D eigenvalue weighted by Gasteiger charge is 2.30. The Balaban J connectivity index is 2.59. The molecule has 1 aliphatic heterocycles. The lowest BCUT2D eigenvalue weighted by molar-refractivity contribution is -0.125. The standard InChI is InChI=1S/C12H14BrNO2/c1-4-8-5-9(13)6-10-11(8)16-7(2)12(15)14(10)3/h5-7H,4H2,1-3H3. The summed E-state index contributed by atoms with van der Waals surface area (Å²) in [5.41, 5.74) is 1.96. The SMILES string of the molecule is CCc1cc(Br)cc2c1OC(C)C(=O)N2C. The number of carbonyl (C=O) groups is 1. The molecule has 0 radical (unpaired) electrons. The van der Waals surface area contributed by atoms with Gasteiger partial charge >= 0.3 is 0 Å². The number of amides is 1. The second-order valence-corrected chi connectivity index (χ2v) is 4.84. The summed E-state index contributed by atoms with van der Waals surface area (Å²) >= 11 is 3.45. The number of likely N-dealkylation sites (N-methyl/N-ethyl adjacent to an activating group) is 1. The zero-order valence-electron chi connectivity index (χ0n) is 9.58. The van der Waals surface area contributed by atoms with Gasteiger partial charge in [-0.05, 0) is 31.0 Å². The first-order chi connectivity index (χ1) is 7.54. The fourth-order valence-corrected chi connectivity index (χ4v) is 2.39. The van der Waals surface area contributed by atoms with Crippen molar-refractivity contribution < 1.29 is 9.53 Å². The highest BCUT2D eigenvalue weighted by Crippen LogP contribution is 2.39. The molecule has 1 heterocycles. The van der Waals surface area contributed by atoms with Crippen molar-refractivity contribution >= 4 is 27.5 Å². The number of anilines is 1. The van der Waals surface area contributed by atoms with Gasteiger partial charge in [-0.25, -0.2) is 0 Å². The van der Waals surface area contributed by atoms with Gasteiger partial charge in [0, 0.05) is 11.5 Å². The number of hydrogen-bond acceptors (Lipinski definition) is 2. The molecule has 1 aliphatic rings. The zero-order chi connectivity index (χ0) is 11.9. The monoisotopic (exact) mass is 283 g/mol. The lowest BCUT2D eigenvalue weighted by Gasteiger charge is -2.31. The van der Waals surface area contributed by atoms with Gasteiger partial charge in [0.25, 0.3) is 5.91 Å². The highest BCUT2D eigenvalue weighted by molar-refractivity contribution is 9.10. The third-order valence-electron chi connectivity index (χ3n) is 2.83. The molecule has 1 atom stereocenters. The molecule has 1 amide bonds. The fourth-order valence-electron chi connectivity index (χ4n) is 1.90. The van der Waals surface area contributed by atoms with E-state index >= 15 is 0 Å². The van der Waals surface area contributed by atoms with E-state index in [-0.39, 0.29) is 5.91 Å². The van der Waals surface area contributed by atoms with E-state index in [4.69, 9.17) is 4.74 Å². The first-order valence-corrected chi connectivity index (χ1v) is 6.10. The average Bonchev–Trinajstić information content (AvgIpc) is 2.26. The topological polar surface area (TPSA) is 29.5 Å². The Morgan fingerprint density at radius 2 is 2.19 bits per heavy atom. The highest BCUT2D eigenvalue weighted by atomic mass is 79.9. The van der Waals surface area contributed by atoms with E-state index < -0.39 is 6.10 Å². The van der Waals surface area contributed by atoms with Gasteiger partial charge in [0.1, 0.15) is 5.75 Å². The summed E-state index contributed by atoms with van der Waals surface area (Å²) in [7, 11) is 1.78. The van der Waals surface area contributed by atoms with Crippen LogP contribution >= 0.6 is 15.9 Å². The largest absolute Gasteiger partial charge is 0.478 e. The first-order valence-electron chi connectivity index (χ1n) is 5.31. The van der Waals surface area contributed by atoms with Crippen molar-refractivity contribution in [1.82, 2.24) is 0 Å². The average molecular weight is 284 g/mol. The fraction of sp³-hybridized carbons (Fsp3) is 0.417. The van der Waals surface area contributed by atoms with Gasteiger partial charge in [-0.3, -0.25) is 4.79 Å². The van der Waals surface area contributed by atoms with Crippen molar-refractivity contribution in [3.8, 4) is 5.75 Å². The molecule has 3 nitrogen and oxygen atoms in total. The lowest BCUT2D eigenvalue weighted by Crippen LogP contribution is -2.42. The molecular formula is C12H14BrNO2. The number of rotatable bonds is 1. The third kappa shape index (κ3) is 1.71. The number of nitrogens with zero attached hydrogens (tertiary/aromatic N) is 1. The molecular weight excluding hydrogens is 270 g/mol. The third-order valence-corrected chi connectivity index (χ3v) is 3.28. The Labute approximate surface area is 104 Å². The predicted molar refractivity (Wildman–Crippen MR) is 67.0 cm³/mol. The van der Waals surface area contributed by atoms with Gasteiger partial charge in [0.15, 0.2) is 6.10 Å². The van der Waals surface area contributed by atoms with Crippen LogP contribution in [0.2, 0.25) is 0 Å². The van der Waals surface area contributed by atoms with Gasteiger partial charge in [0.05, 0.1) is 5.69 Å². The normalized spacial score (nSPS) is 19.4. The summed E-state index contributed by atoms with van der Waals surface area (Å²) in [6, 6.07) is 3.95. The second kappa shape index (κ2) is 4.09. The molecule has 0 saturated heterocycles. The molecule has 0 N–H and O–H groups in total. The van der Waals surface area contributed by atoms with Crippen LogP contribution in [-0.4, -0.2) is 19.1 Å². The molecule has 4 heteroatoms. The number of benzene rings is 1. The van der Waals surface area contributed by atoms with E-state index in [1.807, 2.05) is 12.1 Å². The van der Waals surface area contributed by atoms with Crippen LogP contribution in [0.25, 0.3) is 0 Å². The number of hydrogen-bond donors (Lipinski definition) is 0. The number of fused-ring (bicyclic) bond motifs is 1. The van der Waals surface area contributed by atoms with Crippen molar-refractivity contribution in [3.05, 3.63) is 22.2 Å². The van der Waals surface area contributed by atoms with Crippen molar-refractivity contribution in [1.29, 1.82) is 0 Å². The van der Waals surface area contributed by atoms with Gasteiger partial charge in [-0.1, -0.05) is 22.9 Å². The van der Waals surface area contributed by atoms with Crippen LogP contribution in [-0.2, 0) is 11.2 Å². The molecule has 0 saturated carbocycles. The minimum atomic E-state index is -0.399. The van der Waals surface area contributed by atoms with Crippen molar-refractivity contribution in [2.75, 3.05) is 11.9 Å². The Morgan fingerprint density at radius 1 is 1.50 bits per heavy atom. The molecule has 1 aromatic carbocycles. The van der Waals surface area contributed by atoms with Crippen LogP contribution in [0, 0.1) is 0 Å². The van der Waals surface area contributed by atoms with Gasteiger partial charge < -0.3 is 9.64 Å². The molecule has 0 aliphatic carbocycles. The Kier molecular flexibility index (Phi) is 2.93. The lowest BCUT2D eigenvalue weighted by atomic mass is 10.1. The molecule has 86 valence electrons. The summed E-state index contributed by atoms with van der Waals surface area (Å²) in [6.07, 6.45) is 0.486. The van der Waals surface area contributed by atoms with Gasteiger partial charge in [-0.15, -0.1) is 0 Å². The summed E-state index contributed by atoms with van der Waals surface area (Å²) < 4.78 is 6.65. The second-order valence-electron chi connectivity index (χ2n) is 3.92. The van der Waals surface area contributed by atoms with Crippen molar-refractivity contribution in [2.45, 2.75) is 26.4 Å². The summed E-state index contributed by atoms with van der Waals surface area (Å²) in [5, 5.41) is 0. The summed E-state index contributed by atoms with van der Waals surface area (Å²) in [6.45, 7) is 3.86. The molecule has 2 rings (SSSR count). The number of ether oxygens (including phenoxy) is 1. The predicted octanol–water partition coefficient (Wildman–Crippen LogP) is 2.76. The zero-order valence-corrected chi connectivity index (χ0v) is 11.2. The van der Waals surface area contributed by atoms with Crippen LogP contribution in [0.15, 0.2) is 16.6 Å². The molecule has 0 bridgehead atoms. The van der Waals surface area contributed by atoms with E-state index in [9.17, 15) is 4.79 Å². The maximum Gasteiger partial charge on any atom is 0.267 e. The smallest absolute Gasteiger partial charge is 0.267 e. The number of carbonyl (C=O) groups excluding carboxylic acids is 1. The van der Waals surface area contributed by atoms with Crippen LogP contribution in [0.1, 0.15) is 19.4 Å². The minimum Gasteiger partial charge on any atom is -0.478 e. The maximum absolute atomic E-state index is 11.8. The Hall–Kier alpha value is -1.03. The number of halogens is 1. The number of aryl methyl sites for hydroxylation is 1. The molecule has 1 aromatic rings. The van der Waals surface area contributed by atoms with Crippen molar-refractivity contribution in [2.24, 2.45) is 0 Å². The van der Waals surface area contributed by atoms with Crippen molar-refractivity contribution in [3.63, 3.8) is 0 Å². The first kappa shape index (κ1) is 11.5. The quantitative estimate of drug-likeness (QED) is 0.793. The molecule has 1 unspecified atom stereocenters. The van der Waals surface area contributed by atoms with Crippen LogP contribution < -0.4 is 9.64 Å². The molecule has 16 heavy (non-hydrogen) atoms. The Morgan fingerprint density at radius 3 is 2.81 bits per heavy atom. The van der Waals surface area contributed by atoms with E-state index in [0.717, 1.165) is 27.9 Å². The summed E-state index contributed by atoms with van der Waals surface area (Å²) in [5.74, 6) is 0.827. The van der Waals surface area contributed by atoms with Gasteiger partial charge in [-0.2, -0.15) is 0 Å². The van der Waals surface area contributed by atoms with Crippen LogP contribution in [0.5, 0.6) is 5.75 Å². The van der Waals surface area contributed by atoms with E-state index in [1.54, 1.807) is 18.9 Å². The van der Waals surface area contributed by atoms with Crippen LogP contribution in [0.4, 0.5) is 5.69 Å².